The van der Waals surface area contributed by atoms with Crippen molar-refractivity contribution in [3.8, 4) is 5.69 Å². The summed E-state index contributed by atoms with van der Waals surface area (Å²) < 4.78 is 15.4. The highest BCUT2D eigenvalue weighted by Gasteiger charge is 2.07. The first-order valence-electron chi connectivity index (χ1n) is 4.26. The van der Waals surface area contributed by atoms with Crippen LogP contribution in [0.4, 0.5) is 4.39 Å². The lowest BCUT2D eigenvalue weighted by Gasteiger charge is -2.07. The lowest BCUT2D eigenvalue weighted by atomic mass is 10.3. The van der Waals surface area contributed by atoms with Crippen molar-refractivity contribution in [2.24, 2.45) is 0 Å². The number of benzene rings is 1. The van der Waals surface area contributed by atoms with E-state index < -0.39 is 0 Å². The van der Waals surface area contributed by atoms with Crippen LogP contribution >= 0.6 is 34.2 Å². The van der Waals surface area contributed by atoms with E-state index in [1.165, 1.54) is 12.1 Å². The van der Waals surface area contributed by atoms with Crippen molar-refractivity contribution in [1.29, 1.82) is 0 Å². The summed E-state index contributed by atoms with van der Waals surface area (Å²) in [6.45, 7) is 0. The van der Waals surface area contributed by atoms with Crippen molar-refractivity contribution < 1.29 is 4.39 Å². The molecular weight excluding hydrogens is 329 g/mol. The number of halogens is 3. The topological polar surface area (TPSA) is 17.8 Å². The average Bonchev–Trinajstić information content (AvgIpc) is 2.65. The number of nitrogens with zero attached hydrogens (tertiary/aromatic N) is 2. The van der Waals surface area contributed by atoms with E-state index >= 15 is 0 Å². The zero-order valence-corrected chi connectivity index (χ0v) is 10.5. The molecule has 0 radical (unpaired) electrons. The highest BCUT2D eigenvalue weighted by Crippen LogP contribution is 2.19. The minimum Gasteiger partial charge on any atom is -0.236 e. The van der Waals surface area contributed by atoms with Gasteiger partial charge >= 0.3 is 0 Å². The molecule has 15 heavy (non-hydrogen) atoms. The lowest BCUT2D eigenvalue weighted by Crippen LogP contribution is -2.02. The SMILES string of the molecule is Fc1ccc(-n2nccc2CCl)c(I)c1. The molecule has 0 aliphatic carbocycles. The molecule has 2 rings (SSSR count). The molecular formula is C10H7ClFIN2. The van der Waals surface area contributed by atoms with E-state index in [1.54, 1.807) is 16.9 Å². The summed E-state index contributed by atoms with van der Waals surface area (Å²) in [7, 11) is 0. The van der Waals surface area contributed by atoms with Crippen LogP contribution in [-0.4, -0.2) is 9.78 Å². The second kappa shape index (κ2) is 4.49. The van der Waals surface area contributed by atoms with E-state index in [2.05, 4.69) is 27.7 Å². The van der Waals surface area contributed by atoms with Crippen LogP contribution in [0.15, 0.2) is 30.5 Å². The first kappa shape index (κ1) is 10.9. The number of hydrogen-bond acceptors (Lipinski definition) is 1. The minimum absolute atomic E-state index is 0.247. The molecule has 0 atom stereocenters. The van der Waals surface area contributed by atoms with Gasteiger partial charge in [0, 0.05) is 9.77 Å². The maximum Gasteiger partial charge on any atom is 0.124 e. The molecule has 0 bridgehead atoms. The van der Waals surface area contributed by atoms with E-state index in [-0.39, 0.29) is 5.82 Å². The monoisotopic (exact) mass is 336 g/mol. The van der Waals surface area contributed by atoms with Gasteiger partial charge in [-0.25, -0.2) is 9.07 Å². The molecule has 5 heteroatoms. The molecule has 0 amide bonds. The Bertz CT molecular complexity index is 484. The van der Waals surface area contributed by atoms with Crippen LogP contribution in [-0.2, 0) is 5.88 Å². The minimum atomic E-state index is -0.247. The van der Waals surface area contributed by atoms with Gasteiger partial charge in [0.2, 0.25) is 0 Å². The normalized spacial score (nSPS) is 10.6. The van der Waals surface area contributed by atoms with Crippen LogP contribution in [0.25, 0.3) is 5.69 Å². The number of alkyl halides is 1. The van der Waals surface area contributed by atoms with Crippen LogP contribution < -0.4 is 0 Å². The first-order chi connectivity index (χ1) is 7.22. The third kappa shape index (κ3) is 2.15. The molecule has 0 fully saturated rings. The third-order valence-corrected chi connectivity index (χ3v) is 3.13. The van der Waals surface area contributed by atoms with Gasteiger partial charge in [0.15, 0.2) is 0 Å². The van der Waals surface area contributed by atoms with E-state index in [0.29, 0.717) is 5.88 Å². The Balaban J connectivity index is 2.54. The Hall–Kier alpha value is -0.620. The zero-order valence-electron chi connectivity index (χ0n) is 7.62. The fraction of sp³-hybridized carbons (Fsp3) is 0.100. The fourth-order valence-electron chi connectivity index (χ4n) is 1.30. The summed E-state index contributed by atoms with van der Waals surface area (Å²) in [5.74, 6) is 0.135. The van der Waals surface area contributed by atoms with Gasteiger partial charge in [-0.2, -0.15) is 5.10 Å². The average molecular weight is 337 g/mol. The summed E-state index contributed by atoms with van der Waals surface area (Å²) in [5, 5.41) is 4.15. The molecule has 1 heterocycles. The van der Waals surface area contributed by atoms with Crippen LogP contribution in [0.2, 0.25) is 0 Å². The van der Waals surface area contributed by atoms with Crippen molar-refractivity contribution in [3.63, 3.8) is 0 Å². The molecule has 0 unspecified atom stereocenters. The molecule has 0 spiro atoms. The van der Waals surface area contributed by atoms with Crippen LogP contribution in [0, 0.1) is 9.39 Å². The third-order valence-electron chi connectivity index (χ3n) is 2.00. The number of aromatic nitrogens is 2. The molecule has 1 aromatic heterocycles. The van der Waals surface area contributed by atoms with Gasteiger partial charge in [0.05, 0.1) is 17.3 Å². The van der Waals surface area contributed by atoms with Gasteiger partial charge in [0.1, 0.15) is 5.82 Å². The van der Waals surface area contributed by atoms with Gasteiger partial charge in [-0.1, -0.05) is 0 Å². The molecule has 2 nitrogen and oxygen atoms in total. The van der Waals surface area contributed by atoms with Crippen LogP contribution in [0.1, 0.15) is 5.69 Å². The van der Waals surface area contributed by atoms with Crippen molar-refractivity contribution in [2.45, 2.75) is 5.88 Å². The van der Waals surface area contributed by atoms with Gasteiger partial charge in [0.25, 0.3) is 0 Å². The molecule has 0 saturated heterocycles. The van der Waals surface area contributed by atoms with Gasteiger partial charge in [-0.05, 0) is 46.9 Å². The van der Waals surface area contributed by atoms with Crippen molar-refractivity contribution in [2.75, 3.05) is 0 Å². The summed E-state index contributed by atoms with van der Waals surface area (Å²) in [4.78, 5) is 0. The predicted octanol–water partition coefficient (Wildman–Crippen LogP) is 3.35. The lowest BCUT2D eigenvalue weighted by molar-refractivity contribution is 0.625. The van der Waals surface area contributed by atoms with E-state index in [1.807, 2.05) is 6.07 Å². The summed E-state index contributed by atoms with van der Waals surface area (Å²) in [6.07, 6.45) is 1.68. The number of hydrogen-bond donors (Lipinski definition) is 0. The van der Waals surface area contributed by atoms with Crippen molar-refractivity contribution in [1.82, 2.24) is 9.78 Å². The van der Waals surface area contributed by atoms with E-state index in [0.717, 1.165) is 15.0 Å². The Morgan fingerprint density at radius 3 is 2.87 bits per heavy atom. The Labute approximate surface area is 105 Å². The second-order valence-corrected chi connectivity index (χ2v) is 4.39. The molecule has 0 N–H and O–H groups in total. The molecule has 0 aliphatic heterocycles. The molecule has 0 saturated carbocycles. The fourth-order valence-corrected chi connectivity index (χ4v) is 2.21. The smallest absolute Gasteiger partial charge is 0.124 e. The van der Waals surface area contributed by atoms with Crippen molar-refractivity contribution in [3.05, 3.63) is 45.5 Å². The highest BCUT2D eigenvalue weighted by molar-refractivity contribution is 14.1. The van der Waals surface area contributed by atoms with Gasteiger partial charge in [-0.3, -0.25) is 0 Å². The summed E-state index contributed by atoms with van der Waals surface area (Å²) >= 11 is 7.85. The molecule has 0 aliphatic rings. The molecule has 78 valence electrons. The maximum absolute atomic E-state index is 12.9. The Morgan fingerprint density at radius 1 is 1.40 bits per heavy atom. The summed E-state index contributed by atoms with van der Waals surface area (Å²) in [5.41, 5.74) is 1.74. The van der Waals surface area contributed by atoms with Gasteiger partial charge < -0.3 is 0 Å². The van der Waals surface area contributed by atoms with E-state index in [4.69, 9.17) is 11.6 Å². The number of rotatable bonds is 2. The molecule has 2 aromatic rings. The zero-order chi connectivity index (χ0) is 10.8. The van der Waals surface area contributed by atoms with Crippen LogP contribution in [0.5, 0.6) is 0 Å². The van der Waals surface area contributed by atoms with Gasteiger partial charge in [-0.15, -0.1) is 11.6 Å². The quantitative estimate of drug-likeness (QED) is 0.607. The maximum atomic E-state index is 12.9. The Morgan fingerprint density at radius 2 is 2.20 bits per heavy atom. The molecule has 1 aromatic carbocycles. The standard InChI is InChI=1S/C10H7ClFIN2/c11-6-8-3-4-14-15(8)10-2-1-7(12)5-9(10)13/h1-5H,6H2. The van der Waals surface area contributed by atoms with Crippen molar-refractivity contribution >= 4 is 34.2 Å². The first-order valence-corrected chi connectivity index (χ1v) is 5.88. The largest absolute Gasteiger partial charge is 0.236 e. The Kier molecular flexibility index (Phi) is 3.25. The van der Waals surface area contributed by atoms with E-state index in [9.17, 15) is 4.39 Å². The second-order valence-electron chi connectivity index (χ2n) is 2.96. The summed E-state index contributed by atoms with van der Waals surface area (Å²) in [6, 6.07) is 6.42. The highest BCUT2D eigenvalue weighted by atomic mass is 127. The van der Waals surface area contributed by atoms with Crippen LogP contribution in [0.3, 0.4) is 0 Å². The predicted molar refractivity (Wildman–Crippen MR) is 65.8 cm³/mol.